The maximum absolute atomic E-state index is 11.9. The van der Waals surface area contributed by atoms with Gasteiger partial charge in [-0.25, -0.2) is 0 Å². The number of aliphatic carboxylic acids is 1. The van der Waals surface area contributed by atoms with Gasteiger partial charge in [0.1, 0.15) is 11.4 Å². The molecular formula is C16H13ClNO3-. The first-order valence-corrected chi connectivity index (χ1v) is 6.84. The van der Waals surface area contributed by atoms with E-state index in [2.05, 4.69) is 5.32 Å². The molecule has 2 rings (SSSR count). The molecule has 0 unspecified atom stereocenters. The molecule has 0 aromatic heterocycles. The third-order valence-electron chi connectivity index (χ3n) is 3.17. The van der Waals surface area contributed by atoms with Crippen molar-refractivity contribution >= 4 is 23.5 Å². The Morgan fingerprint density at radius 2 is 1.38 bits per heavy atom. The summed E-state index contributed by atoms with van der Waals surface area (Å²) in [4.78, 5) is 23.6. The number of hydrogen-bond donors (Lipinski definition) is 1. The molecule has 0 saturated heterocycles. The maximum Gasteiger partial charge on any atom is 0.236 e. The Kier molecular flexibility index (Phi) is 4.60. The minimum atomic E-state index is -1.77. The van der Waals surface area contributed by atoms with E-state index in [0.29, 0.717) is 11.1 Å². The monoisotopic (exact) mass is 302 g/mol. The van der Waals surface area contributed by atoms with Gasteiger partial charge in [0.05, 0.1) is 5.97 Å². The summed E-state index contributed by atoms with van der Waals surface area (Å²) in [5.74, 6) is -2.35. The van der Waals surface area contributed by atoms with E-state index in [1.54, 1.807) is 60.7 Å². The van der Waals surface area contributed by atoms with Crippen LogP contribution in [0.3, 0.4) is 0 Å². The van der Waals surface area contributed by atoms with Crippen molar-refractivity contribution in [2.24, 2.45) is 0 Å². The van der Waals surface area contributed by atoms with E-state index in [9.17, 15) is 14.7 Å². The van der Waals surface area contributed by atoms with E-state index in [-0.39, 0.29) is 5.88 Å². The number of halogens is 1. The summed E-state index contributed by atoms with van der Waals surface area (Å²) in [7, 11) is 0. The summed E-state index contributed by atoms with van der Waals surface area (Å²) >= 11 is 5.51. The lowest BCUT2D eigenvalue weighted by Crippen LogP contribution is -2.58. The van der Waals surface area contributed by atoms with Gasteiger partial charge in [0.15, 0.2) is 0 Å². The number of carboxylic acids is 1. The summed E-state index contributed by atoms with van der Waals surface area (Å²) in [6, 6.07) is 16.8. The van der Waals surface area contributed by atoms with Crippen LogP contribution >= 0.6 is 11.6 Å². The largest absolute Gasteiger partial charge is 0.547 e. The van der Waals surface area contributed by atoms with Crippen molar-refractivity contribution in [2.45, 2.75) is 5.54 Å². The van der Waals surface area contributed by atoms with Gasteiger partial charge in [-0.1, -0.05) is 60.7 Å². The normalized spacial score (nSPS) is 10.9. The molecule has 0 aliphatic rings. The standard InChI is InChI=1S/C16H14ClNO3/c17-11-14(19)18-16(15(20)21,12-7-3-1-4-8-12)13-9-5-2-6-10-13/h1-10H,11H2,(H,18,19)(H,20,21)/p-1. The second-order valence-corrected chi connectivity index (χ2v) is 4.72. The van der Waals surface area contributed by atoms with E-state index in [1.807, 2.05) is 0 Å². The molecule has 5 heteroatoms. The van der Waals surface area contributed by atoms with Crippen LogP contribution in [-0.2, 0) is 15.1 Å². The van der Waals surface area contributed by atoms with E-state index < -0.39 is 17.4 Å². The fraction of sp³-hybridized carbons (Fsp3) is 0.125. The van der Waals surface area contributed by atoms with Crippen LogP contribution in [0.1, 0.15) is 11.1 Å². The van der Waals surface area contributed by atoms with E-state index >= 15 is 0 Å². The molecule has 0 radical (unpaired) electrons. The topological polar surface area (TPSA) is 69.2 Å². The van der Waals surface area contributed by atoms with Crippen LogP contribution in [0.5, 0.6) is 0 Å². The lowest BCUT2D eigenvalue weighted by Gasteiger charge is -2.36. The van der Waals surface area contributed by atoms with Gasteiger partial charge in [-0.2, -0.15) is 0 Å². The van der Waals surface area contributed by atoms with Gasteiger partial charge < -0.3 is 15.2 Å². The van der Waals surface area contributed by atoms with Crippen LogP contribution < -0.4 is 10.4 Å². The number of benzene rings is 2. The average Bonchev–Trinajstić information content (AvgIpc) is 2.53. The highest BCUT2D eigenvalue weighted by Crippen LogP contribution is 2.29. The molecule has 0 atom stereocenters. The van der Waals surface area contributed by atoms with Crippen molar-refractivity contribution in [3.8, 4) is 0 Å². The van der Waals surface area contributed by atoms with E-state index in [4.69, 9.17) is 11.6 Å². The first-order chi connectivity index (χ1) is 10.1. The van der Waals surface area contributed by atoms with Crippen LogP contribution in [0.4, 0.5) is 0 Å². The summed E-state index contributed by atoms with van der Waals surface area (Å²) in [6.45, 7) is 0. The Bertz CT molecular complexity index is 589. The van der Waals surface area contributed by atoms with Gasteiger partial charge in [-0.3, -0.25) is 4.79 Å². The summed E-state index contributed by atoms with van der Waals surface area (Å²) in [5.41, 5.74) is -0.974. The molecule has 0 heterocycles. The minimum absolute atomic E-state index is 0.339. The molecule has 2 aromatic rings. The Hall–Kier alpha value is -2.33. The van der Waals surface area contributed by atoms with Crippen molar-refractivity contribution in [3.63, 3.8) is 0 Å². The molecule has 0 bridgehead atoms. The predicted molar refractivity (Wildman–Crippen MR) is 77.5 cm³/mol. The third kappa shape index (κ3) is 2.90. The van der Waals surface area contributed by atoms with Crippen LogP contribution in [0, 0.1) is 0 Å². The molecule has 108 valence electrons. The maximum atomic E-state index is 11.9. The number of alkyl halides is 1. The van der Waals surface area contributed by atoms with Gasteiger partial charge in [-0.15, -0.1) is 11.6 Å². The molecule has 0 aliphatic heterocycles. The second kappa shape index (κ2) is 6.41. The van der Waals surface area contributed by atoms with Crippen molar-refractivity contribution in [3.05, 3.63) is 71.8 Å². The van der Waals surface area contributed by atoms with E-state index in [1.165, 1.54) is 0 Å². The molecule has 0 fully saturated rings. The average molecular weight is 303 g/mol. The number of hydrogen-bond acceptors (Lipinski definition) is 3. The van der Waals surface area contributed by atoms with Gasteiger partial charge in [0, 0.05) is 0 Å². The molecule has 0 saturated carbocycles. The Labute approximate surface area is 127 Å². The Morgan fingerprint density at radius 1 is 0.952 bits per heavy atom. The highest BCUT2D eigenvalue weighted by atomic mass is 35.5. The van der Waals surface area contributed by atoms with Crippen LogP contribution in [0.25, 0.3) is 0 Å². The van der Waals surface area contributed by atoms with Crippen molar-refractivity contribution < 1.29 is 14.7 Å². The Balaban J connectivity index is 2.66. The highest BCUT2D eigenvalue weighted by Gasteiger charge is 2.37. The number of carbonyl (C=O) groups is 2. The van der Waals surface area contributed by atoms with Gasteiger partial charge in [0.2, 0.25) is 5.91 Å². The fourth-order valence-electron chi connectivity index (χ4n) is 2.22. The molecule has 0 spiro atoms. The summed E-state index contributed by atoms with van der Waals surface area (Å²) in [6.07, 6.45) is 0. The molecule has 4 nitrogen and oxygen atoms in total. The molecule has 0 aliphatic carbocycles. The summed E-state index contributed by atoms with van der Waals surface area (Å²) in [5, 5.41) is 14.4. The first-order valence-electron chi connectivity index (χ1n) is 6.30. The van der Waals surface area contributed by atoms with Crippen LogP contribution in [0.15, 0.2) is 60.7 Å². The predicted octanol–water partition coefficient (Wildman–Crippen LogP) is 1.04. The zero-order chi connectivity index (χ0) is 15.3. The van der Waals surface area contributed by atoms with Crippen LogP contribution in [-0.4, -0.2) is 17.8 Å². The second-order valence-electron chi connectivity index (χ2n) is 4.45. The lowest BCUT2D eigenvalue weighted by atomic mass is 9.82. The van der Waals surface area contributed by atoms with Crippen molar-refractivity contribution in [1.29, 1.82) is 0 Å². The number of nitrogens with one attached hydrogen (secondary N) is 1. The molecule has 21 heavy (non-hydrogen) atoms. The zero-order valence-corrected chi connectivity index (χ0v) is 11.8. The molecular weight excluding hydrogens is 290 g/mol. The molecule has 1 N–H and O–H groups in total. The zero-order valence-electron chi connectivity index (χ0n) is 11.1. The van der Waals surface area contributed by atoms with E-state index in [0.717, 1.165) is 0 Å². The van der Waals surface area contributed by atoms with Crippen molar-refractivity contribution in [1.82, 2.24) is 5.32 Å². The SMILES string of the molecule is O=C(CCl)NC(C(=O)[O-])(c1ccccc1)c1ccccc1. The number of amides is 1. The number of carbonyl (C=O) groups excluding carboxylic acids is 2. The van der Waals surface area contributed by atoms with Gasteiger partial charge in [0.25, 0.3) is 0 Å². The third-order valence-corrected chi connectivity index (χ3v) is 3.41. The molecule has 2 aromatic carbocycles. The smallest absolute Gasteiger partial charge is 0.236 e. The van der Waals surface area contributed by atoms with Gasteiger partial charge in [-0.05, 0) is 11.1 Å². The number of rotatable bonds is 5. The van der Waals surface area contributed by atoms with Crippen LogP contribution in [0.2, 0.25) is 0 Å². The highest BCUT2D eigenvalue weighted by molar-refractivity contribution is 6.27. The fourth-order valence-corrected chi connectivity index (χ4v) is 2.28. The minimum Gasteiger partial charge on any atom is -0.547 e. The summed E-state index contributed by atoms with van der Waals surface area (Å²) < 4.78 is 0. The Morgan fingerprint density at radius 3 is 1.71 bits per heavy atom. The number of carboxylic acid groups (broad SMARTS) is 1. The first kappa shape index (κ1) is 15.1. The molecule has 1 amide bonds. The van der Waals surface area contributed by atoms with Crippen molar-refractivity contribution in [2.75, 3.05) is 5.88 Å². The lowest BCUT2D eigenvalue weighted by molar-refractivity contribution is -0.313. The quantitative estimate of drug-likeness (QED) is 0.839. The van der Waals surface area contributed by atoms with Gasteiger partial charge >= 0.3 is 0 Å².